The molecule has 0 aliphatic rings. The van der Waals surface area contributed by atoms with Crippen molar-refractivity contribution in [1.82, 2.24) is 0 Å². The maximum atomic E-state index is 5.85. The molecule has 0 amide bonds. The third-order valence-electron chi connectivity index (χ3n) is 3.59. The van der Waals surface area contributed by atoms with E-state index in [9.17, 15) is 0 Å². The highest BCUT2D eigenvalue weighted by molar-refractivity contribution is 5.35. The fourth-order valence-electron chi connectivity index (χ4n) is 3.03. The van der Waals surface area contributed by atoms with Crippen LogP contribution in [0.4, 0.5) is 0 Å². The largest absolute Gasteiger partial charge is 0.457 e. The van der Waals surface area contributed by atoms with E-state index in [2.05, 4.69) is 58.9 Å². The molecule has 0 radical (unpaired) electrons. The van der Waals surface area contributed by atoms with Gasteiger partial charge in [0, 0.05) is 0 Å². The first-order valence-electron chi connectivity index (χ1n) is 7.60. The zero-order valence-electron chi connectivity index (χ0n) is 13.8. The Morgan fingerprint density at radius 1 is 0.714 bits per heavy atom. The van der Waals surface area contributed by atoms with Crippen LogP contribution in [0.15, 0.2) is 54.6 Å². The molecule has 0 fully saturated rings. The average Bonchev–Trinajstić information content (AvgIpc) is 2.38. The van der Waals surface area contributed by atoms with Gasteiger partial charge < -0.3 is 4.74 Å². The molecule has 0 aliphatic carbocycles. The third kappa shape index (κ3) is 4.63. The summed E-state index contributed by atoms with van der Waals surface area (Å²) in [5.41, 5.74) is 1.85. The lowest BCUT2D eigenvalue weighted by molar-refractivity contribution is 0.284. The molecule has 0 saturated heterocycles. The minimum atomic E-state index is 0.170. The number of para-hydroxylation sites is 1. The molecule has 0 aliphatic heterocycles. The fraction of sp³-hybridized carbons (Fsp3) is 0.400. The van der Waals surface area contributed by atoms with Crippen LogP contribution >= 0.6 is 0 Å². The molecule has 1 nitrogen and oxygen atoms in total. The van der Waals surface area contributed by atoms with Gasteiger partial charge in [-0.25, -0.2) is 0 Å². The first-order valence-corrected chi connectivity index (χ1v) is 7.60. The van der Waals surface area contributed by atoms with Crippen molar-refractivity contribution >= 4 is 0 Å². The lowest BCUT2D eigenvalue weighted by Crippen LogP contribution is -2.24. The van der Waals surface area contributed by atoms with E-state index in [1.807, 2.05) is 30.3 Å². The van der Waals surface area contributed by atoms with Gasteiger partial charge >= 0.3 is 0 Å². The topological polar surface area (TPSA) is 9.23 Å². The van der Waals surface area contributed by atoms with Crippen LogP contribution < -0.4 is 4.74 Å². The predicted molar refractivity (Wildman–Crippen MR) is 90.1 cm³/mol. The van der Waals surface area contributed by atoms with E-state index < -0.39 is 0 Å². The summed E-state index contributed by atoms with van der Waals surface area (Å²) in [6, 6.07) is 18.4. The van der Waals surface area contributed by atoms with Crippen LogP contribution in [0.5, 0.6) is 11.5 Å². The molecule has 0 aromatic heterocycles. The maximum absolute atomic E-state index is 5.85. The zero-order chi connectivity index (χ0) is 15.5. The maximum Gasteiger partial charge on any atom is 0.127 e. The summed E-state index contributed by atoms with van der Waals surface area (Å²) in [7, 11) is 0. The van der Waals surface area contributed by atoms with E-state index in [1.54, 1.807) is 0 Å². The van der Waals surface area contributed by atoms with Crippen LogP contribution in [0.2, 0.25) is 0 Å². The van der Waals surface area contributed by atoms with Gasteiger partial charge in [-0.3, -0.25) is 0 Å². The molecule has 0 N–H and O–H groups in total. The molecule has 2 rings (SSSR count). The van der Waals surface area contributed by atoms with E-state index >= 15 is 0 Å². The van der Waals surface area contributed by atoms with Crippen LogP contribution in [0.3, 0.4) is 0 Å². The lowest BCUT2D eigenvalue weighted by atomic mass is 9.72. The van der Waals surface area contributed by atoms with Crippen LogP contribution in [0.25, 0.3) is 0 Å². The van der Waals surface area contributed by atoms with Crippen molar-refractivity contribution < 1.29 is 4.74 Å². The summed E-state index contributed by atoms with van der Waals surface area (Å²) in [5.74, 6) is 1.76. The zero-order valence-corrected chi connectivity index (χ0v) is 13.8. The Hall–Kier alpha value is -1.76. The van der Waals surface area contributed by atoms with Crippen molar-refractivity contribution in [3.05, 3.63) is 60.2 Å². The highest BCUT2D eigenvalue weighted by Crippen LogP contribution is 2.36. The highest BCUT2D eigenvalue weighted by atomic mass is 16.5. The van der Waals surface area contributed by atoms with E-state index in [4.69, 9.17) is 4.74 Å². The Morgan fingerprint density at radius 2 is 1.24 bits per heavy atom. The van der Waals surface area contributed by atoms with E-state index in [0.29, 0.717) is 5.41 Å². The van der Waals surface area contributed by atoms with Crippen molar-refractivity contribution in [3.8, 4) is 11.5 Å². The molecular weight excluding hydrogens is 256 g/mol. The number of ether oxygens (including phenoxy) is 1. The van der Waals surface area contributed by atoms with Crippen molar-refractivity contribution in [2.24, 2.45) is 5.41 Å². The van der Waals surface area contributed by atoms with Gasteiger partial charge in [0.05, 0.1) is 0 Å². The van der Waals surface area contributed by atoms with Gasteiger partial charge in [0.2, 0.25) is 0 Å². The van der Waals surface area contributed by atoms with E-state index in [-0.39, 0.29) is 5.41 Å². The molecule has 0 bridgehead atoms. The minimum absolute atomic E-state index is 0.170. The van der Waals surface area contributed by atoms with Crippen molar-refractivity contribution in [1.29, 1.82) is 0 Å². The predicted octanol–water partition coefficient (Wildman–Crippen LogP) is 6.19. The van der Waals surface area contributed by atoms with Crippen LogP contribution in [-0.4, -0.2) is 0 Å². The Kier molecular flexibility index (Phi) is 4.41. The molecule has 2 aromatic rings. The number of hydrogen-bond acceptors (Lipinski definition) is 1. The van der Waals surface area contributed by atoms with Crippen LogP contribution in [0.1, 0.15) is 46.6 Å². The number of hydrogen-bond donors (Lipinski definition) is 0. The second kappa shape index (κ2) is 5.93. The molecule has 0 spiro atoms. The van der Waals surface area contributed by atoms with E-state index in [1.165, 1.54) is 5.56 Å². The summed E-state index contributed by atoms with van der Waals surface area (Å²) in [6.07, 6.45) is 1.15. The molecule has 0 saturated carbocycles. The van der Waals surface area contributed by atoms with Crippen molar-refractivity contribution in [2.75, 3.05) is 0 Å². The molecule has 112 valence electrons. The second-order valence-electron chi connectivity index (χ2n) is 7.56. The molecule has 21 heavy (non-hydrogen) atoms. The van der Waals surface area contributed by atoms with E-state index in [0.717, 1.165) is 17.9 Å². The lowest BCUT2D eigenvalue weighted by Gasteiger charge is -2.33. The Morgan fingerprint density at radius 3 is 1.76 bits per heavy atom. The molecule has 0 heterocycles. The Balaban J connectivity index is 2.12. The summed E-state index contributed by atoms with van der Waals surface area (Å²) in [6.45, 7) is 11.5. The van der Waals surface area contributed by atoms with Gasteiger partial charge in [-0.2, -0.15) is 0 Å². The first-order chi connectivity index (χ1) is 9.76. The SMILES string of the molecule is CC(C)(C)CC(C)(C)c1ccc(Oc2ccccc2)cc1. The van der Waals surface area contributed by atoms with Gasteiger partial charge in [-0.05, 0) is 47.1 Å². The van der Waals surface area contributed by atoms with Gasteiger partial charge in [-0.15, -0.1) is 0 Å². The van der Waals surface area contributed by atoms with Gasteiger partial charge in [0.25, 0.3) is 0 Å². The number of rotatable bonds is 4. The smallest absolute Gasteiger partial charge is 0.127 e. The molecule has 2 aromatic carbocycles. The Labute approximate surface area is 129 Å². The second-order valence-corrected chi connectivity index (χ2v) is 7.56. The fourth-order valence-corrected chi connectivity index (χ4v) is 3.03. The van der Waals surface area contributed by atoms with Crippen LogP contribution in [0, 0.1) is 5.41 Å². The molecule has 1 heteroatoms. The molecular formula is C20H26O. The molecule has 0 atom stereocenters. The standard InChI is InChI=1S/C20H26O/c1-19(2,3)15-20(4,5)16-11-13-18(14-12-16)21-17-9-7-6-8-10-17/h6-14H,15H2,1-5H3. The first kappa shape index (κ1) is 15.6. The quantitative estimate of drug-likeness (QED) is 0.649. The van der Waals surface area contributed by atoms with Gasteiger partial charge in [0.1, 0.15) is 11.5 Å². The van der Waals surface area contributed by atoms with Crippen molar-refractivity contribution in [3.63, 3.8) is 0 Å². The summed E-state index contributed by atoms with van der Waals surface area (Å²) in [5, 5.41) is 0. The normalized spacial score (nSPS) is 12.2. The third-order valence-corrected chi connectivity index (χ3v) is 3.59. The van der Waals surface area contributed by atoms with Crippen LogP contribution in [-0.2, 0) is 5.41 Å². The molecule has 0 unspecified atom stereocenters. The summed E-state index contributed by atoms with van der Waals surface area (Å²) >= 11 is 0. The highest BCUT2D eigenvalue weighted by Gasteiger charge is 2.27. The average molecular weight is 282 g/mol. The van der Waals surface area contributed by atoms with Gasteiger partial charge in [-0.1, -0.05) is 65.0 Å². The minimum Gasteiger partial charge on any atom is -0.457 e. The summed E-state index contributed by atoms with van der Waals surface area (Å²) in [4.78, 5) is 0. The number of benzene rings is 2. The summed E-state index contributed by atoms with van der Waals surface area (Å²) < 4.78 is 5.85. The van der Waals surface area contributed by atoms with Gasteiger partial charge in [0.15, 0.2) is 0 Å². The Bertz CT molecular complexity index is 559. The monoisotopic (exact) mass is 282 g/mol. The van der Waals surface area contributed by atoms with Crippen molar-refractivity contribution in [2.45, 2.75) is 46.5 Å².